The first-order chi connectivity index (χ1) is 13.3. The summed E-state index contributed by atoms with van der Waals surface area (Å²) >= 11 is 0. The highest BCUT2D eigenvalue weighted by Gasteiger charge is 2.28. The van der Waals surface area contributed by atoms with E-state index in [1.807, 2.05) is 0 Å². The molecule has 1 aromatic rings. The van der Waals surface area contributed by atoms with Crippen LogP contribution < -0.4 is 0 Å². The summed E-state index contributed by atoms with van der Waals surface area (Å²) in [6.45, 7) is 6.22. The van der Waals surface area contributed by atoms with E-state index in [1.165, 1.54) is 28.6 Å². The lowest BCUT2D eigenvalue weighted by atomic mass is 9.92. The number of nitrogens with zero attached hydrogens (tertiary/aromatic N) is 2. The van der Waals surface area contributed by atoms with Gasteiger partial charge in [0, 0.05) is 26.2 Å². The summed E-state index contributed by atoms with van der Waals surface area (Å²) in [6.07, 6.45) is 2.77. The maximum atomic E-state index is 12.7. The second-order valence-electron chi connectivity index (χ2n) is 7.96. The van der Waals surface area contributed by atoms with Crippen LogP contribution in [0.2, 0.25) is 0 Å². The van der Waals surface area contributed by atoms with E-state index in [-0.39, 0.29) is 23.0 Å². The third kappa shape index (κ3) is 4.72. The molecule has 8 heteroatoms. The first-order valence-electron chi connectivity index (χ1n) is 9.82. The summed E-state index contributed by atoms with van der Waals surface area (Å²) in [7, 11) is -3.61. The van der Waals surface area contributed by atoms with E-state index in [0.717, 1.165) is 19.3 Å². The normalized spacial score (nSPS) is 23.6. The fraction of sp³-hybridized carbons (Fsp3) is 0.600. The number of ether oxygens (including phenoxy) is 1. The number of amides is 1. The molecule has 2 aliphatic heterocycles. The van der Waals surface area contributed by atoms with E-state index in [4.69, 9.17) is 4.74 Å². The molecule has 2 atom stereocenters. The number of hydrogen-bond donors (Lipinski definition) is 0. The maximum Gasteiger partial charge on any atom is 0.338 e. The molecule has 0 saturated carbocycles. The van der Waals surface area contributed by atoms with Gasteiger partial charge in [0.25, 0.3) is 5.91 Å². The average Bonchev–Trinajstić information content (AvgIpc) is 3.21. The number of likely N-dealkylation sites (tertiary alicyclic amines) is 1. The third-order valence-electron chi connectivity index (χ3n) is 5.32. The van der Waals surface area contributed by atoms with Crippen LogP contribution in [0.1, 0.15) is 43.5 Å². The van der Waals surface area contributed by atoms with Crippen molar-refractivity contribution in [1.29, 1.82) is 0 Å². The van der Waals surface area contributed by atoms with Crippen LogP contribution in [0.25, 0.3) is 0 Å². The van der Waals surface area contributed by atoms with Crippen molar-refractivity contribution in [3.05, 3.63) is 29.8 Å². The monoisotopic (exact) mass is 408 g/mol. The van der Waals surface area contributed by atoms with E-state index >= 15 is 0 Å². The summed E-state index contributed by atoms with van der Waals surface area (Å²) in [4.78, 5) is 26.5. The van der Waals surface area contributed by atoms with Crippen LogP contribution in [0.3, 0.4) is 0 Å². The zero-order valence-electron chi connectivity index (χ0n) is 16.5. The molecular formula is C20H28N2O5S. The molecule has 1 aromatic carbocycles. The van der Waals surface area contributed by atoms with Gasteiger partial charge in [0.2, 0.25) is 10.0 Å². The quantitative estimate of drug-likeness (QED) is 0.697. The second-order valence-corrected chi connectivity index (χ2v) is 9.90. The molecule has 2 aliphatic rings. The van der Waals surface area contributed by atoms with E-state index in [2.05, 4.69) is 13.8 Å². The van der Waals surface area contributed by atoms with Crippen LogP contribution in [0, 0.1) is 11.8 Å². The third-order valence-corrected chi connectivity index (χ3v) is 7.22. The minimum Gasteiger partial charge on any atom is -0.452 e. The van der Waals surface area contributed by atoms with Crippen LogP contribution in [0.5, 0.6) is 0 Å². The standard InChI is InChI=1S/C20H28N2O5S/c1-15-10-16(2)13-21(12-15)19(23)14-27-20(24)17-6-5-7-18(11-17)28(25,26)22-8-3-4-9-22/h5-7,11,15-16H,3-4,8-10,12-14H2,1-2H3/t15-,16-/m1/s1. The van der Waals surface area contributed by atoms with E-state index < -0.39 is 16.0 Å². The van der Waals surface area contributed by atoms with Crippen LogP contribution >= 0.6 is 0 Å². The van der Waals surface area contributed by atoms with Gasteiger partial charge in [-0.3, -0.25) is 4.79 Å². The summed E-state index contributed by atoms with van der Waals surface area (Å²) in [5.74, 6) is -0.0516. The highest BCUT2D eigenvalue weighted by atomic mass is 32.2. The van der Waals surface area contributed by atoms with Gasteiger partial charge in [0.1, 0.15) is 0 Å². The largest absolute Gasteiger partial charge is 0.452 e. The summed E-state index contributed by atoms with van der Waals surface area (Å²) < 4.78 is 31.9. The number of carbonyl (C=O) groups excluding carboxylic acids is 2. The molecule has 2 heterocycles. The maximum absolute atomic E-state index is 12.7. The highest BCUT2D eigenvalue weighted by molar-refractivity contribution is 7.89. The number of sulfonamides is 1. The molecule has 0 N–H and O–H groups in total. The van der Waals surface area contributed by atoms with Crippen LogP contribution in [0.15, 0.2) is 29.2 Å². The lowest BCUT2D eigenvalue weighted by molar-refractivity contribution is -0.137. The van der Waals surface area contributed by atoms with E-state index in [1.54, 1.807) is 4.90 Å². The van der Waals surface area contributed by atoms with Gasteiger partial charge >= 0.3 is 5.97 Å². The predicted octanol–water partition coefficient (Wildman–Crippen LogP) is 2.13. The van der Waals surface area contributed by atoms with Crippen molar-refractivity contribution in [2.24, 2.45) is 11.8 Å². The van der Waals surface area contributed by atoms with Crippen molar-refractivity contribution >= 4 is 21.9 Å². The Hall–Kier alpha value is -1.93. The molecule has 2 saturated heterocycles. The van der Waals surface area contributed by atoms with Gasteiger partial charge < -0.3 is 9.64 Å². The molecule has 3 rings (SSSR count). The van der Waals surface area contributed by atoms with Gasteiger partial charge in [-0.2, -0.15) is 4.31 Å². The minimum absolute atomic E-state index is 0.0776. The lowest BCUT2D eigenvalue weighted by Gasteiger charge is -2.34. The van der Waals surface area contributed by atoms with Crippen molar-refractivity contribution in [2.45, 2.75) is 38.0 Å². The smallest absolute Gasteiger partial charge is 0.338 e. The Labute approximate surface area is 166 Å². The average molecular weight is 409 g/mol. The number of piperidine rings is 1. The Morgan fingerprint density at radius 2 is 1.75 bits per heavy atom. The second kappa shape index (κ2) is 8.61. The summed E-state index contributed by atoms with van der Waals surface area (Å²) in [5, 5.41) is 0. The molecule has 7 nitrogen and oxygen atoms in total. The molecule has 2 fully saturated rings. The van der Waals surface area contributed by atoms with Gasteiger partial charge in [-0.15, -0.1) is 0 Å². The fourth-order valence-corrected chi connectivity index (χ4v) is 5.59. The SMILES string of the molecule is C[C@@H]1C[C@@H](C)CN(C(=O)COC(=O)c2cccc(S(=O)(=O)N3CCCC3)c2)C1. The minimum atomic E-state index is -3.61. The zero-order chi connectivity index (χ0) is 20.3. The van der Waals surface area contributed by atoms with Gasteiger partial charge in [0.05, 0.1) is 10.5 Å². The topological polar surface area (TPSA) is 84.0 Å². The Balaban J connectivity index is 1.62. The summed E-state index contributed by atoms with van der Waals surface area (Å²) in [6, 6.07) is 5.83. The number of esters is 1. The predicted molar refractivity (Wildman–Crippen MR) is 104 cm³/mol. The van der Waals surface area contributed by atoms with Gasteiger partial charge in [-0.05, 0) is 49.3 Å². The van der Waals surface area contributed by atoms with Crippen LogP contribution in [-0.2, 0) is 19.6 Å². The van der Waals surface area contributed by atoms with Gasteiger partial charge in [-0.1, -0.05) is 19.9 Å². The lowest BCUT2D eigenvalue weighted by Crippen LogP contribution is -2.44. The Bertz CT molecular complexity index is 823. The highest BCUT2D eigenvalue weighted by Crippen LogP contribution is 2.23. The van der Waals surface area contributed by atoms with Crippen LogP contribution in [-0.4, -0.2) is 62.3 Å². The van der Waals surface area contributed by atoms with E-state index in [0.29, 0.717) is 38.0 Å². The molecule has 0 bridgehead atoms. The van der Waals surface area contributed by atoms with E-state index in [9.17, 15) is 18.0 Å². The van der Waals surface area contributed by atoms with Crippen molar-refractivity contribution in [3.8, 4) is 0 Å². The molecule has 0 unspecified atom stereocenters. The molecule has 0 spiro atoms. The van der Waals surface area contributed by atoms with Crippen molar-refractivity contribution in [2.75, 3.05) is 32.8 Å². The summed E-state index contributed by atoms with van der Waals surface area (Å²) in [5.41, 5.74) is 0.133. The number of benzene rings is 1. The Morgan fingerprint density at radius 1 is 1.11 bits per heavy atom. The van der Waals surface area contributed by atoms with Gasteiger partial charge in [0.15, 0.2) is 6.61 Å². The van der Waals surface area contributed by atoms with Crippen molar-refractivity contribution in [1.82, 2.24) is 9.21 Å². The first-order valence-corrected chi connectivity index (χ1v) is 11.3. The molecule has 154 valence electrons. The van der Waals surface area contributed by atoms with Crippen molar-refractivity contribution < 1.29 is 22.7 Å². The molecular weight excluding hydrogens is 380 g/mol. The Kier molecular flexibility index (Phi) is 6.40. The van der Waals surface area contributed by atoms with Crippen molar-refractivity contribution in [3.63, 3.8) is 0 Å². The number of carbonyl (C=O) groups is 2. The Morgan fingerprint density at radius 3 is 2.39 bits per heavy atom. The van der Waals surface area contributed by atoms with Crippen LogP contribution in [0.4, 0.5) is 0 Å². The first kappa shape index (κ1) is 20.8. The number of hydrogen-bond acceptors (Lipinski definition) is 5. The molecule has 0 aromatic heterocycles. The fourth-order valence-electron chi connectivity index (χ4n) is 4.03. The molecule has 0 aliphatic carbocycles. The molecule has 0 radical (unpaired) electrons. The molecule has 1 amide bonds. The molecule has 28 heavy (non-hydrogen) atoms. The van der Waals surface area contributed by atoms with Gasteiger partial charge in [-0.25, -0.2) is 13.2 Å². The number of rotatable bonds is 5. The zero-order valence-corrected chi connectivity index (χ0v) is 17.3.